The third kappa shape index (κ3) is 2.65. The van der Waals surface area contributed by atoms with Crippen molar-refractivity contribution in [2.24, 2.45) is 0 Å². The van der Waals surface area contributed by atoms with Crippen LogP contribution >= 0.6 is 0 Å². The van der Waals surface area contributed by atoms with Gasteiger partial charge < -0.3 is 9.64 Å². The molecule has 112 valence electrons. The third-order valence-corrected chi connectivity index (χ3v) is 3.74. The lowest BCUT2D eigenvalue weighted by Gasteiger charge is -2.30. The standard InChI is InChI=1S/C14H13F3N2O2/c15-10-5-9-11(6-21-7-12(9)20)18-14(10)19-3-1-8(2-4-19)13(16)17/h5H,1-4,6-7H2. The Kier molecular flexibility index (Phi) is 3.67. The minimum Gasteiger partial charge on any atom is -0.367 e. The van der Waals surface area contributed by atoms with Crippen LogP contribution in [0.3, 0.4) is 0 Å². The Morgan fingerprint density at radius 3 is 2.62 bits per heavy atom. The molecule has 21 heavy (non-hydrogen) atoms. The predicted octanol–water partition coefficient (Wildman–Crippen LogP) is 2.68. The Balaban J connectivity index is 1.87. The fourth-order valence-corrected chi connectivity index (χ4v) is 2.58. The van der Waals surface area contributed by atoms with Crippen molar-refractivity contribution in [1.29, 1.82) is 0 Å². The smallest absolute Gasteiger partial charge is 0.269 e. The SMILES string of the molecule is O=C1COCc2nc(N3CCC(=C(F)F)CC3)c(F)cc21. The molecule has 3 heterocycles. The third-order valence-electron chi connectivity index (χ3n) is 3.74. The topological polar surface area (TPSA) is 42.4 Å². The summed E-state index contributed by atoms with van der Waals surface area (Å²) in [5, 5.41) is 0. The lowest BCUT2D eigenvalue weighted by Crippen LogP contribution is -2.33. The second kappa shape index (κ2) is 5.48. The summed E-state index contributed by atoms with van der Waals surface area (Å²) < 4.78 is 44.2. The molecule has 0 N–H and O–H groups in total. The van der Waals surface area contributed by atoms with Crippen molar-refractivity contribution in [1.82, 2.24) is 4.98 Å². The molecule has 7 heteroatoms. The van der Waals surface area contributed by atoms with Crippen LogP contribution in [0.5, 0.6) is 0 Å². The van der Waals surface area contributed by atoms with E-state index in [4.69, 9.17) is 4.74 Å². The average molecular weight is 298 g/mol. The number of carbonyl (C=O) groups is 1. The van der Waals surface area contributed by atoms with Crippen LogP contribution < -0.4 is 4.90 Å². The summed E-state index contributed by atoms with van der Waals surface area (Å²) in [7, 11) is 0. The number of aromatic nitrogens is 1. The quantitative estimate of drug-likeness (QED) is 0.799. The molecule has 0 spiro atoms. The van der Waals surface area contributed by atoms with Gasteiger partial charge in [0.15, 0.2) is 17.4 Å². The summed E-state index contributed by atoms with van der Waals surface area (Å²) in [5.74, 6) is -0.792. The highest BCUT2D eigenvalue weighted by atomic mass is 19.3. The first-order valence-corrected chi connectivity index (χ1v) is 6.64. The van der Waals surface area contributed by atoms with Gasteiger partial charge in [-0.1, -0.05) is 0 Å². The van der Waals surface area contributed by atoms with Gasteiger partial charge >= 0.3 is 0 Å². The zero-order valence-corrected chi connectivity index (χ0v) is 11.2. The lowest BCUT2D eigenvalue weighted by atomic mass is 10.0. The van der Waals surface area contributed by atoms with Crippen LogP contribution in [0.25, 0.3) is 0 Å². The Hall–Kier alpha value is -1.89. The lowest BCUT2D eigenvalue weighted by molar-refractivity contribution is 0.0654. The van der Waals surface area contributed by atoms with E-state index in [0.717, 1.165) is 0 Å². The molecule has 0 radical (unpaired) electrons. The maximum atomic E-state index is 14.1. The molecule has 4 nitrogen and oxygen atoms in total. The van der Waals surface area contributed by atoms with Crippen LogP contribution in [0.2, 0.25) is 0 Å². The number of rotatable bonds is 1. The Morgan fingerprint density at radius 1 is 1.24 bits per heavy atom. The van der Waals surface area contributed by atoms with Crippen LogP contribution in [0.15, 0.2) is 17.7 Å². The van der Waals surface area contributed by atoms with Gasteiger partial charge in [0.1, 0.15) is 6.61 Å². The van der Waals surface area contributed by atoms with Crippen molar-refractivity contribution in [3.8, 4) is 0 Å². The van der Waals surface area contributed by atoms with Gasteiger partial charge in [0.25, 0.3) is 6.08 Å². The molecule has 0 bridgehead atoms. The van der Waals surface area contributed by atoms with E-state index < -0.39 is 11.9 Å². The molecule has 0 aromatic carbocycles. The first kappa shape index (κ1) is 14.1. The molecule has 1 saturated heterocycles. The average Bonchev–Trinajstić information content (AvgIpc) is 2.48. The van der Waals surface area contributed by atoms with E-state index in [0.29, 0.717) is 5.69 Å². The Bertz CT molecular complexity index is 617. The minimum absolute atomic E-state index is 0.0683. The molecule has 0 unspecified atom stereocenters. The zero-order chi connectivity index (χ0) is 15.0. The second-order valence-electron chi connectivity index (χ2n) is 5.06. The summed E-state index contributed by atoms with van der Waals surface area (Å²) in [6.45, 7) is 0.655. The van der Waals surface area contributed by atoms with E-state index in [1.54, 1.807) is 4.90 Å². The van der Waals surface area contributed by atoms with Gasteiger partial charge in [0.2, 0.25) is 0 Å². The highest BCUT2D eigenvalue weighted by molar-refractivity contribution is 5.98. The number of ketones is 1. The molecule has 0 aliphatic carbocycles. The summed E-state index contributed by atoms with van der Waals surface area (Å²) in [4.78, 5) is 17.4. The second-order valence-corrected chi connectivity index (χ2v) is 5.06. The number of hydrogen-bond donors (Lipinski definition) is 0. The molecular weight excluding hydrogens is 285 g/mol. The molecule has 0 amide bonds. The van der Waals surface area contributed by atoms with Gasteiger partial charge in [0, 0.05) is 18.7 Å². The van der Waals surface area contributed by atoms with Crippen molar-refractivity contribution in [3.63, 3.8) is 0 Å². The summed E-state index contributed by atoms with van der Waals surface area (Å²) in [5.41, 5.74) is 0.763. The van der Waals surface area contributed by atoms with Gasteiger partial charge in [-0.05, 0) is 24.5 Å². The molecule has 1 fully saturated rings. The van der Waals surface area contributed by atoms with E-state index in [-0.39, 0.29) is 61.9 Å². The van der Waals surface area contributed by atoms with Crippen molar-refractivity contribution in [2.75, 3.05) is 24.6 Å². The zero-order valence-electron chi connectivity index (χ0n) is 11.2. The fourth-order valence-electron chi connectivity index (χ4n) is 2.58. The fraction of sp³-hybridized carbons (Fsp3) is 0.429. The van der Waals surface area contributed by atoms with Crippen molar-refractivity contribution >= 4 is 11.6 Å². The largest absolute Gasteiger partial charge is 0.367 e. The van der Waals surface area contributed by atoms with Crippen LogP contribution in [-0.4, -0.2) is 30.5 Å². The maximum absolute atomic E-state index is 14.1. The Morgan fingerprint density at radius 2 is 1.95 bits per heavy atom. The van der Waals surface area contributed by atoms with Gasteiger partial charge in [-0.25, -0.2) is 9.37 Å². The number of halogens is 3. The molecular formula is C14H13F3N2O2. The monoisotopic (exact) mass is 298 g/mol. The Labute approximate surface area is 119 Å². The first-order valence-electron chi connectivity index (χ1n) is 6.64. The molecule has 1 aromatic heterocycles. The highest BCUT2D eigenvalue weighted by Gasteiger charge is 2.26. The molecule has 0 saturated carbocycles. The van der Waals surface area contributed by atoms with Crippen molar-refractivity contribution < 1.29 is 22.7 Å². The van der Waals surface area contributed by atoms with Crippen LogP contribution in [0.4, 0.5) is 19.0 Å². The molecule has 2 aliphatic rings. The number of ether oxygens (including phenoxy) is 1. The summed E-state index contributed by atoms with van der Waals surface area (Å²) >= 11 is 0. The number of nitrogens with zero attached hydrogens (tertiary/aromatic N) is 2. The van der Waals surface area contributed by atoms with Crippen molar-refractivity contribution in [3.05, 3.63) is 34.8 Å². The van der Waals surface area contributed by atoms with Gasteiger partial charge in [-0.2, -0.15) is 8.78 Å². The number of carbonyl (C=O) groups excluding carboxylic acids is 1. The maximum Gasteiger partial charge on any atom is 0.269 e. The van der Waals surface area contributed by atoms with Gasteiger partial charge in [0.05, 0.1) is 12.3 Å². The van der Waals surface area contributed by atoms with Crippen LogP contribution in [0, 0.1) is 5.82 Å². The van der Waals surface area contributed by atoms with Crippen LogP contribution in [-0.2, 0) is 11.3 Å². The van der Waals surface area contributed by atoms with Crippen LogP contribution in [0.1, 0.15) is 28.9 Å². The molecule has 2 aliphatic heterocycles. The number of pyridine rings is 1. The van der Waals surface area contributed by atoms with E-state index in [1.807, 2.05) is 0 Å². The number of piperidine rings is 1. The van der Waals surface area contributed by atoms with E-state index in [1.165, 1.54) is 6.07 Å². The normalized spacial score (nSPS) is 18.7. The van der Waals surface area contributed by atoms with Crippen molar-refractivity contribution in [2.45, 2.75) is 19.4 Å². The number of fused-ring (bicyclic) bond motifs is 1. The molecule has 3 rings (SSSR count). The highest BCUT2D eigenvalue weighted by Crippen LogP contribution is 2.28. The van der Waals surface area contributed by atoms with E-state index >= 15 is 0 Å². The first-order chi connectivity index (χ1) is 10.1. The number of hydrogen-bond acceptors (Lipinski definition) is 4. The van der Waals surface area contributed by atoms with E-state index in [9.17, 15) is 18.0 Å². The molecule has 0 atom stereocenters. The number of anilines is 1. The minimum atomic E-state index is -1.65. The predicted molar refractivity (Wildman–Crippen MR) is 68.9 cm³/mol. The summed E-state index contributed by atoms with van der Waals surface area (Å²) in [6, 6.07) is 1.17. The van der Waals surface area contributed by atoms with Gasteiger partial charge in [-0.3, -0.25) is 4.79 Å². The van der Waals surface area contributed by atoms with Gasteiger partial charge in [-0.15, -0.1) is 0 Å². The van der Waals surface area contributed by atoms with E-state index in [2.05, 4.69) is 4.98 Å². The molecule has 1 aromatic rings. The summed E-state index contributed by atoms with van der Waals surface area (Å²) in [6.07, 6.45) is -1.26. The number of Topliss-reactive ketones (excluding diaryl/α,β-unsaturated/α-hetero) is 1.